The van der Waals surface area contributed by atoms with Crippen LogP contribution in [-0.4, -0.2) is 46.7 Å². The van der Waals surface area contributed by atoms with Crippen molar-refractivity contribution in [2.24, 2.45) is 11.3 Å². The zero-order chi connectivity index (χ0) is 19.7. The quantitative estimate of drug-likeness (QED) is 0.462. The van der Waals surface area contributed by atoms with Crippen LogP contribution >= 0.6 is 0 Å². The maximum atomic E-state index is 11.4. The molecule has 6 atom stereocenters. The molecule has 27 heavy (non-hydrogen) atoms. The lowest BCUT2D eigenvalue weighted by molar-refractivity contribution is -0.142. The summed E-state index contributed by atoms with van der Waals surface area (Å²) >= 11 is 0. The Morgan fingerprint density at radius 1 is 1.26 bits per heavy atom. The van der Waals surface area contributed by atoms with Crippen molar-refractivity contribution in [3.8, 4) is 0 Å². The standard InChI is InChI=1S/C22H34O5/c1-14-6-7-17-21(26-17,13-25-15(2)23)12-18-22(27-18)16(19(3,4)24)9-11-20(22,5)10-8-14/h16-18,24H,1,6-13H2,2-5H3/t16-,17+,18+,20+,21-,22-/m0/s1. The highest BCUT2D eigenvalue weighted by Crippen LogP contribution is 2.69. The summed E-state index contributed by atoms with van der Waals surface area (Å²) < 4.78 is 18.0. The molecule has 4 rings (SSSR count). The van der Waals surface area contributed by atoms with Crippen LogP contribution < -0.4 is 0 Å². The summed E-state index contributed by atoms with van der Waals surface area (Å²) in [7, 11) is 0. The van der Waals surface area contributed by atoms with Gasteiger partial charge >= 0.3 is 5.97 Å². The van der Waals surface area contributed by atoms with Crippen molar-refractivity contribution in [3.63, 3.8) is 0 Å². The molecule has 1 spiro atoms. The zero-order valence-corrected chi connectivity index (χ0v) is 17.2. The Bertz CT molecular complexity index is 652. The third-order valence-electron chi connectivity index (χ3n) is 7.80. The second kappa shape index (κ2) is 6.04. The first-order valence-electron chi connectivity index (χ1n) is 10.4. The summed E-state index contributed by atoms with van der Waals surface area (Å²) in [4.78, 5) is 11.4. The lowest BCUT2D eigenvalue weighted by Crippen LogP contribution is -2.46. The van der Waals surface area contributed by atoms with Crippen LogP contribution in [0.15, 0.2) is 12.2 Å². The zero-order valence-electron chi connectivity index (χ0n) is 17.2. The van der Waals surface area contributed by atoms with E-state index in [1.807, 2.05) is 13.8 Å². The molecule has 152 valence electrons. The average Bonchev–Trinajstić information content (AvgIpc) is 3.41. The van der Waals surface area contributed by atoms with Gasteiger partial charge in [-0.2, -0.15) is 0 Å². The topological polar surface area (TPSA) is 71.6 Å². The van der Waals surface area contributed by atoms with Crippen LogP contribution in [0.1, 0.15) is 72.6 Å². The molecule has 5 heteroatoms. The molecule has 0 aromatic heterocycles. The van der Waals surface area contributed by atoms with Gasteiger partial charge in [-0.1, -0.05) is 19.1 Å². The molecule has 0 aromatic rings. The van der Waals surface area contributed by atoms with Gasteiger partial charge in [-0.05, 0) is 57.8 Å². The SMILES string of the molecule is C=C1CC[C@H]2O[C@]2(COC(C)=O)C[C@H]2O[C@@]23[C@H](C(C)(C)O)CC[C@@]3(C)CC1. The largest absolute Gasteiger partial charge is 0.463 e. The Morgan fingerprint density at radius 3 is 2.67 bits per heavy atom. The molecular weight excluding hydrogens is 344 g/mol. The highest BCUT2D eigenvalue weighted by atomic mass is 16.7. The van der Waals surface area contributed by atoms with E-state index in [9.17, 15) is 9.90 Å². The van der Waals surface area contributed by atoms with Gasteiger partial charge in [0.2, 0.25) is 0 Å². The molecular formula is C22H34O5. The summed E-state index contributed by atoms with van der Waals surface area (Å²) in [5.74, 6) is -0.166. The molecule has 5 nitrogen and oxygen atoms in total. The van der Waals surface area contributed by atoms with Gasteiger partial charge in [-0.3, -0.25) is 4.79 Å². The van der Waals surface area contributed by atoms with Gasteiger partial charge < -0.3 is 19.3 Å². The van der Waals surface area contributed by atoms with Crippen molar-refractivity contribution in [3.05, 3.63) is 12.2 Å². The molecule has 4 fully saturated rings. The van der Waals surface area contributed by atoms with Gasteiger partial charge in [0.05, 0.1) is 17.8 Å². The fourth-order valence-corrected chi connectivity index (χ4v) is 6.11. The van der Waals surface area contributed by atoms with Crippen LogP contribution in [0.4, 0.5) is 0 Å². The summed E-state index contributed by atoms with van der Waals surface area (Å²) in [5.41, 5.74) is -0.235. The molecule has 2 heterocycles. The maximum Gasteiger partial charge on any atom is 0.302 e. The Hall–Kier alpha value is -0.910. The molecule has 2 aliphatic carbocycles. The van der Waals surface area contributed by atoms with Gasteiger partial charge in [0.15, 0.2) is 0 Å². The first-order valence-corrected chi connectivity index (χ1v) is 10.4. The van der Waals surface area contributed by atoms with Crippen LogP contribution in [0.2, 0.25) is 0 Å². The van der Waals surface area contributed by atoms with E-state index >= 15 is 0 Å². The number of epoxide rings is 2. The smallest absolute Gasteiger partial charge is 0.302 e. The van der Waals surface area contributed by atoms with Crippen molar-refractivity contribution in [1.29, 1.82) is 0 Å². The molecule has 4 aliphatic rings. The molecule has 2 saturated carbocycles. The number of ether oxygens (including phenoxy) is 3. The van der Waals surface area contributed by atoms with Crippen molar-refractivity contribution in [1.82, 2.24) is 0 Å². The molecule has 2 aliphatic heterocycles. The summed E-state index contributed by atoms with van der Waals surface area (Å²) in [6.45, 7) is 12.2. The Labute approximate surface area is 162 Å². The van der Waals surface area contributed by atoms with Gasteiger partial charge in [-0.25, -0.2) is 0 Å². The third-order valence-corrected chi connectivity index (χ3v) is 7.80. The van der Waals surface area contributed by atoms with Crippen LogP contribution in [0.25, 0.3) is 0 Å². The van der Waals surface area contributed by atoms with E-state index in [-0.39, 0.29) is 35.1 Å². The van der Waals surface area contributed by atoms with Gasteiger partial charge in [0.1, 0.15) is 17.8 Å². The normalized spacial score (nSPS) is 46.6. The minimum absolute atomic E-state index is 0.0304. The molecule has 0 bridgehead atoms. The average molecular weight is 379 g/mol. The minimum Gasteiger partial charge on any atom is -0.463 e. The van der Waals surface area contributed by atoms with Crippen LogP contribution in [-0.2, 0) is 19.0 Å². The maximum absolute atomic E-state index is 11.4. The predicted octanol–water partition coefficient (Wildman–Crippen LogP) is 3.53. The Kier molecular flexibility index (Phi) is 4.34. The Balaban J connectivity index is 1.64. The van der Waals surface area contributed by atoms with Crippen molar-refractivity contribution < 1.29 is 24.1 Å². The fraction of sp³-hybridized carbons (Fsp3) is 0.864. The number of hydrogen-bond acceptors (Lipinski definition) is 5. The number of aliphatic hydroxyl groups is 1. The highest BCUT2D eigenvalue weighted by molar-refractivity contribution is 5.66. The second-order valence-electron chi connectivity index (χ2n) is 10.1. The number of hydrogen-bond donors (Lipinski definition) is 1. The second-order valence-corrected chi connectivity index (χ2v) is 10.1. The third kappa shape index (κ3) is 3.06. The number of fused-ring (bicyclic) bond motifs is 1. The van der Waals surface area contributed by atoms with Crippen LogP contribution in [0.3, 0.4) is 0 Å². The van der Waals surface area contributed by atoms with Gasteiger partial charge in [0.25, 0.3) is 0 Å². The van der Waals surface area contributed by atoms with E-state index in [2.05, 4.69) is 13.5 Å². The molecule has 1 N–H and O–H groups in total. The van der Waals surface area contributed by atoms with Gasteiger partial charge in [-0.15, -0.1) is 0 Å². The molecule has 0 unspecified atom stereocenters. The Morgan fingerprint density at radius 2 is 2.00 bits per heavy atom. The number of allylic oxidation sites excluding steroid dienone is 1. The van der Waals surface area contributed by atoms with Crippen LogP contribution in [0.5, 0.6) is 0 Å². The number of carbonyl (C=O) groups is 1. The van der Waals surface area contributed by atoms with Crippen LogP contribution in [0, 0.1) is 11.3 Å². The first-order chi connectivity index (χ1) is 12.5. The van der Waals surface area contributed by atoms with E-state index in [4.69, 9.17) is 14.2 Å². The molecule has 0 aromatic carbocycles. The summed E-state index contributed by atoms with van der Waals surface area (Å²) in [6.07, 6.45) is 6.85. The first kappa shape index (κ1) is 19.4. The lowest BCUT2D eigenvalue weighted by atomic mass is 9.67. The number of rotatable bonds is 3. The number of carbonyl (C=O) groups excluding carboxylic acids is 1. The molecule has 0 amide bonds. The van der Waals surface area contributed by atoms with E-state index in [1.165, 1.54) is 12.5 Å². The molecule has 0 radical (unpaired) electrons. The molecule has 2 saturated heterocycles. The van der Waals surface area contributed by atoms with Crippen molar-refractivity contribution in [2.45, 2.75) is 102 Å². The predicted molar refractivity (Wildman–Crippen MR) is 101 cm³/mol. The minimum atomic E-state index is -0.781. The van der Waals surface area contributed by atoms with E-state index in [0.717, 1.165) is 44.9 Å². The fourth-order valence-electron chi connectivity index (χ4n) is 6.11. The van der Waals surface area contributed by atoms with Crippen molar-refractivity contribution in [2.75, 3.05) is 6.61 Å². The van der Waals surface area contributed by atoms with Gasteiger partial charge in [0, 0.05) is 19.3 Å². The summed E-state index contributed by atoms with van der Waals surface area (Å²) in [6, 6.07) is 0. The van der Waals surface area contributed by atoms with E-state index < -0.39 is 11.2 Å². The highest BCUT2D eigenvalue weighted by Gasteiger charge is 2.77. The van der Waals surface area contributed by atoms with E-state index in [1.54, 1.807) is 0 Å². The van der Waals surface area contributed by atoms with E-state index in [0.29, 0.717) is 6.61 Å². The lowest BCUT2D eigenvalue weighted by Gasteiger charge is -2.37. The monoisotopic (exact) mass is 378 g/mol. The summed E-state index contributed by atoms with van der Waals surface area (Å²) in [5, 5.41) is 10.9. The number of esters is 1. The van der Waals surface area contributed by atoms with Crippen molar-refractivity contribution >= 4 is 5.97 Å².